The van der Waals surface area contributed by atoms with Crippen molar-refractivity contribution in [2.45, 2.75) is 70.3 Å². The van der Waals surface area contributed by atoms with E-state index in [4.69, 9.17) is 4.98 Å². The third-order valence-electron chi connectivity index (χ3n) is 7.77. The highest BCUT2D eigenvalue weighted by Gasteiger charge is 2.53. The Morgan fingerprint density at radius 3 is 2.81 bits per heavy atom. The number of nitrogens with zero attached hydrogens (tertiary/aromatic N) is 5. The Labute approximate surface area is 209 Å². The number of carbonyl (C=O) groups is 1. The minimum Gasteiger partial charge on any atom is -0.393 e. The fourth-order valence-corrected chi connectivity index (χ4v) is 5.88. The molecule has 1 saturated carbocycles. The molecule has 36 heavy (non-hydrogen) atoms. The smallest absolute Gasteiger partial charge is 0.322 e. The monoisotopic (exact) mass is 495 g/mol. The lowest BCUT2D eigenvalue weighted by Crippen LogP contribution is -2.57. The number of aliphatic hydroxyl groups excluding tert-OH is 1. The van der Waals surface area contributed by atoms with Crippen LogP contribution in [0.5, 0.6) is 0 Å². The molecule has 1 spiro atoms. The van der Waals surface area contributed by atoms with E-state index in [-0.39, 0.29) is 17.7 Å². The van der Waals surface area contributed by atoms with Gasteiger partial charge in [0.05, 0.1) is 48.0 Å². The van der Waals surface area contributed by atoms with Crippen molar-refractivity contribution in [3.05, 3.63) is 24.7 Å². The second-order valence-electron chi connectivity index (χ2n) is 11.5. The van der Waals surface area contributed by atoms with Crippen molar-refractivity contribution in [2.24, 2.45) is 5.92 Å². The molecule has 9 nitrogen and oxygen atoms in total. The van der Waals surface area contributed by atoms with Gasteiger partial charge in [-0.25, -0.2) is 9.18 Å². The molecule has 2 amide bonds. The molecule has 3 fully saturated rings. The molecule has 192 valence electrons. The highest BCUT2D eigenvalue weighted by Crippen LogP contribution is 2.48. The molecule has 3 N–H and O–H groups in total. The molecule has 3 aromatic rings. The lowest BCUT2D eigenvalue weighted by molar-refractivity contribution is 0.0527. The molecule has 1 aliphatic carbocycles. The van der Waals surface area contributed by atoms with Gasteiger partial charge >= 0.3 is 6.03 Å². The van der Waals surface area contributed by atoms with E-state index in [0.717, 1.165) is 36.0 Å². The highest BCUT2D eigenvalue weighted by atomic mass is 19.1. The van der Waals surface area contributed by atoms with Gasteiger partial charge in [-0.1, -0.05) is 13.8 Å². The zero-order valence-corrected chi connectivity index (χ0v) is 21.1. The third kappa shape index (κ3) is 4.01. The number of hydrogen-bond acceptors (Lipinski definition) is 5. The number of carbonyl (C=O) groups excluding carboxylic acids is 1. The molecule has 2 saturated heterocycles. The number of rotatable bonds is 5. The van der Waals surface area contributed by atoms with Gasteiger partial charge in [0.2, 0.25) is 0 Å². The molecular formula is C26H34FN7O2. The molecule has 0 bridgehead atoms. The lowest BCUT2D eigenvalue weighted by atomic mass is 9.98. The Balaban J connectivity index is 1.29. The molecule has 2 aliphatic heterocycles. The highest BCUT2D eigenvalue weighted by molar-refractivity contribution is 5.97. The van der Waals surface area contributed by atoms with Crippen molar-refractivity contribution in [2.75, 3.05) is 29.9 Å². The zero-order chi connectivity index (χ0) is 25.2. The van der Waals surface area contributed by atoms with E-state index in [2.05, 4.69) is 45.0 Å². The average Bonchev–Trinajstić information content (AvgIpc) is 3.23. The summed E-state index contributed by atoms with van der Waals surface area (Å²) in [7, 11) is 0. The summed E-state index contributed by atoms with van der Waals surface area (Å²) in [5.74, 6) is 0.438. The fraction of sp³-hybridized carbons (Fsp3) is 0.577. The van der Waals surface area contributed by atoms with Crippen LogP contribution < -0.4 is 10.2 Å². The number of alkyl halides is 1. The number of hydrogen-bond donors (Lipinski definition) is 3. The average molecular weight is 496 g/mol. The first-order valence-electron chi connectivity index (χ1n) is 12.9. The van der Waals surface area contributed by atoms with Crippen LogP contribution in [0.15, 0.2) is 24.7 Å². The van der Waals surface area contributed by atoms with Gasteiger partial charge < -0.3 is 24.8 Å². The standard InChI is InChI=1S/C26H34FN7O2/c1-16(2)12-32-13-22(33-14-25(3,27)15-33)18-10-28-19(8-21(18)32)23-20(11-29-31-23)30-24(36)34-7-4-17(35)9-26(34)5-6-26/h8,10-11,13,16-17,35H,4-7,9,12,14-15H2,1-3H3,(H,29,31)(H,30,36). The number of aromatic nitrogens is 4. The van der Waals surface area contributed by atoms with Gasteiger partial charge in [0.15, 0.2) is 0 Å². The fourth-order valence-electron chi connectivity index (χ4n) is 5.88. The number of H-pyrrole nitrogens is 1. The maximum atomic E-state index is 14.2. The van der Waals surface area contributed by atoms with Gasteiger partial charge in [0.25, 0.3) is 0 Å². The lowest BCUT2D eigenvalue weighted by Gasteiger charge is -2.43. The Hall–Kier alpha value is -3.14. The number of aliphatic hydroxyl groups is 1. The molecule has 3 aromatic heterocycles. The van der Waals surface area contributed by atoms with Crippen molar-refractivity contribution in [1.82, 2.24) is 24.6 Å². The predicted octanol–water partition coefficient (Wildman–Crippen LogP) is 4.15. The van der Waals surface area contributed by atoms with Crippen LogP contribution in [-0.4, -0.2) is 72.7 Å². The molecule has 5 heterocycles. The van der Waals surface area contributed by atoms with Crippen LogP contribution in [0.3, 0.4) is 0 Å². The van der Waals surface area contributed by atoms with Crippen molar-refractivity contribution >= 4 is 28.3 Å². The van der Waals surface area contributed by atoms with Crippen molar-refractivity contribution in [3.8, 4) is 11.4 Å². The van der Waals surface area contributed by atoms with Gasteiger partial charge in [-0.15, -0.1) is 0 Å². The Kier molecular flexibility index (Phi) is 5.30. The van der Waals surface area contributed by atoms with E-state index in [1.165, 1.54) is 0 Å². The maximum absolute atomic E-state index is 14.2. The molecule has 1 atom stereocenters. The van der Waals surface area contributed by atoms with Crippen LogP contribution in [0.2, 0.25) is 0 Å². The van der Waals surface area contributed by atoms with E-state index >= 15 is 0 Å². The number of amides is 2. The zero-order valence-electron chi connectivity index (χ0n) is 21.1. The van der Waals surface area contributed by atoms with Crippen molar-refractivity contribution in [1.29, 1.82) is 0 Å². The van der Waals surface area contributed by atoms with Gasteiger partial charge in [0.1, 0.15) is 11.4 Å². The number of aromatic amines is 1. The van der Waals surface area contributed by atoms with Crippen molar-refractivity contribution < 1.29 is 14.3 Å². The SMILES string of the molecule is CC(C)Cn1cc(N2CC(C)(F)C2)c2cnc(-c3[nH]ncc3NC(=O)N3CCC(O)CC34CC4)cc21. The van der Waals surface area contributed by atoms with Crippen LogP contribution in [0.25, 0.3) is 22.3 Å². The number of halogens is 1. The van der Waals surface area contributed by atoms with Crippen molar-refractivity contribution in [3.63, 3.8) is 0 Å². The third-order valence-corrected chi connectivity index (χ3v) is 7.77. The second kappa shape index (κ2) is 8.19. The maximum Gasteiger partial charge on any atom is 0.322 e. The largest absolute Gasteiger partial charge is 0.393 e. The van der Waals surface area contributed by atoms with E-state index in [1.54, 1.807) is 13.1 Å². The number of fused-ring (bicyclic) bond motifs is 1. The van der Waals surface area contributed by atoms with Crippen LogP contribution in [0.1, 0.15) is 46.5 Å². The van der Waals surface area contributed by atoms with Crippen LogP contribution in [0.4, 0.5) is 20.6 Å². The second-order valence-corrected chi connectivity index (χ2v) is 11.5. The Morgan fingerprint density at radius 2 is 2.11 bits per heavy atom. The quantitative estimate of drug-likeness (QED) is 0.494. The van der Waals surface area contributed by atoms with Crippen LogP contribution >= 0.6 is 0 Å². The number of piperidine rings is 1. The first-order chi connectivity index (χ1) is 17.1. The van der Waals surface area contributed by atoms with Crippen LogP contribution in [-0.2, 0) is 6.54 Å². The normalized spacial score (nSPS) is 22.3. The number of urea groups is 1. The molecule has 1 unspecified atom stereocenters. The summed E-state index contributed by atoms with van der Waals surface area (Å²) in [4.78, 5) is 21.8. The molecular weight excluding hydrogens is 461 g/mol. The minimum atomic E-state index is -1.16. The van der Waals surface area contributed by atoms with Gasteiger partial charge in [-0.05, 0) is 44.6 Å². The summed E-state index contributed by atoms with van der Waals surface area (Å²) in [6.45, 7) is 8.11. The van der Waals surface area contributed by atoms with E-state index in [0.29, 0.717) is 55.5 Å². The number of likely N-dealkylation sites (tertiary alicyclic amines) is 1. The molecule has 3 aliphatic rings. The van der Waals surface area contributed by atoms with Gasteiger partial charge in [0, 0.05) is 36.4 Å². The molecule has 0 aromatic carbocycles. The first kappa shape index (κ1) is 23.3. The van der Waals surface area contributed by atoms with Crippen LogP contribution in [0, 0.1) is 5.92 Å². The minimum absolute atomic E-state index is 0.166. The molecule has 10 heteroatoms. The summed E-state index contributed by atoms with van der Waals surface area (Å²) in [6, 6.07) is 1.85. The Bertz CT molecular complexity index is 1300. The van der Waals surface area contributed by atoms with E-state index < -0.39 is 5.67 Å². The number of pyridine rings is 1. The summed E-state index contributed by atoms with van der Waals surface area (Å²) < 4.78 is 16.4. The number of nitrogens with one attached hydrogen (secondary N) is 2. The van der Waals surface area contributed by atoms with Gasteiger partial charge in [-0.2, -0.15) is 5.10 Å². The Morgan fingerprint density at radius 1 is 1.33 bits per heavy atom. The predicted molar refractivity (Wildman–Crippen MR) is 137 cm³/mol. The van der Waals surface area contributed by atoms with Gasteiger partial charge in [-0.3, -0.25) is 10.1 Å². The van der Waals surface area contributed by atoms with E-state index in [9.17, 15) is 14.3 Å². The summed E-state index contributed by atoms with van der Waals surface area (Å²) in [5.41, 5.74) is 2.56. The number of anilines is 2. The molecule has 0 radical (unpaired) electrons. The van der Waals surface area contributed by atoms with E-state index in [1.807, 2.05) is 17.2 Å². The summed E-state index contributed by atoms with van der Waals surface area (Å²) in [6.07, 6.45) is 8.31. The topological polar surface area (TPSA) is 102 Å². The molecule has 6 rings (SSSR count). The summed E-state index contributed by atoms with van der Waals surface area (Å²) in [5, 5.41) is 21.3. The first-order valence-corrected chi connectivity index (χ1v) is 12.9. The summed E-state index contributed by atoms with van der Waals surface area (Å²) >= 11 is 0.